The quantitative estimate of drug-likeness (QED) is 0.238. The summed E-state index contributed by atoms with van der Waals surface area (Å²) in [5.74, 6) is 0. The SMILES string of the molecule is CN(c1ccc(C2=CCCC=C2)cc1)c1ccc(-c2ccc(-n3c4c(c5ccccc53)C=CC4)cc2)cc1. The fourth-order valence-electron chi connectivity index (χ4n) is 5.82. The molecule has 0 amide bonds. The zero-order valence-corrected chi connectivity index (χ0v) is 21.6. The van der Waals surface area contributed by atoms with Gasteiger partial charge in [-0.3, -0.25) is 0 Å². The first kappa shape index (κ1) is 22.6. The van der Waals surface area contributed by atoms with Gasteiger partial charge in [-0.2, -0.15) is 0 Å². The van der Waals surface area contributed by atoms with Gasteiger partial charge in [-0.15, -0.1) is 0 Å². The lowest BCUT2D eigenvalue weighted by Gasteiger charge is -2.20. The van der Waals surface area contributed by atoms with Crippen LogP contribution in [0.1, 0.15) is 29.7 Å². The third-order valence-electron chi connectivity index (χ3n) is 7.91. The Morgan fingerprint density at radius 2 is 1.29 bits per heavy atom. The van der Waals surface area contributed by atoms with Crippen molar-refractivity contribution in [3.05, 3.63) is 138 Å². The topological polar surface area (TPSA) is 8.17 Å². The molecule has 0 spiro atoms. The molecule has 2 nitrogen and oxygen atoms in total. The molecule has 0 N–H and O–H groups in total. The van der Waals surface area contributed by atoms with Crippen LogP contribution in [0, 0.1) is 0 Å². The van der Waals surface area contributed by atoms with Gasteiger partial charge in [0.1, 0.15) is 0 Å². The number of nitrogens with zero attached hydrogens (tertiary/aromatic N) is 2. The number of allylic oxidation sites excluding steroid dienone is 5. The van der Waals surface area contributed by atoms with Gasteiger partial charge in [-0.05, 0) is 77.6 Å². The molecule has 0 unspecified atom stereocenters. The number of anilines is 2. The van der Waals surface area contributed by atoms with Crippen molar-refractivity contribution < 1.29 is 0 Å². The van der Waals surface area contributed by atoms with E-state index in [9.17, 15) is 0 Å². The van der Waals surface area contributed by atoms with Crippen molar-refractivity contribution in [3.63, 3.8) is 0 Å². The van der Waals surface area contributed by atoms with Crippen molar-refractivity contribution in [2.24, 2.45) is 0 Å². The highest BCUT2D eigenvalue weighted by Gasteiger charge is 2.18. The Kier molecular flexibility index (Phi) is 5.59. The molecule has 2 aliphatic rings. The first-order valence-electron chi connectivity index (χ1n) is 13.5. The van der Waals surface area contributed by atoms with Crippen LogP contribution < -0.4 is 4.90 Å². The molecule has 4 aromatic carbocycles. The van der Waals surface area contributed by atoms with Crippen LogP contribution in [0.15, 0.2) is 121 Å². The van der Waals surface area contributed by atoms with Crippen LogP contribution in [0.3, 0.4) is 0 Å². The van der Waals surface area contributed by atoms with Crippen molar-refractivity contribution >= 4 is 33.9 Å². The lowest BCUT2D eigenvalue weighted by molar-refractivity contribution is 1.01. The van der Waals surface area contributed by atoms with Gasteiger partial charge in [0.05, 0.1) is 5.52 Å². The molecule has 38 heavy (non-hydrogen) atoms. The summed E-state index contributed by atoms with van der Waals surface area (Å²) in [6, 6.07) is 35.4. The van der Waals surface area contributed by atoms with Gasteiger partial charge in [0.25, 0.3) is 0 Å². The van der Waals surface area contributed by atoms with E-state index >= 15 is 0 Å². The average molecular weight is 491 g/mol. The van der Waals surface area contributed by atoms with Gasteiger partial charge in [0, 0.05) is 47.2 Å². The van der Waals surface area contributed by atoms with Gasteiger partial charge in [-0.25, -0.2) is 0 Å². The number of hydrogen-bond acceptors (Lipinski definition) is 1. The zero-order chi connectivity index (χ0) is 25.5. The minimum absolute atomic E-state index is 0.985. The summed E-state index contributed by atoms with van der Waals surface area (Å²) in [5, 5.41) is 1.33. The maximum atomic E-state index is 2.42. The summed E-state index contributed by atoms with van der Waals surface area (Å²) in [6.45, 7) is 0. The number of aromatic nitrogens is 1. The molecule has 2 heteroatoms. The minimum atomic E-state index is 0.985. The number of fused-ring (bicyclic) bond motifs is 3. The van der Waals surface area contributed by atoms with E-state index in [-0.39, 0.29) is 0 Å². The van der Waals surface area contributed by atoms with Crippen LogP contribution in [-0.2, 0) is 6.42 Å². The molecule has 0 saturated carbocycles. The molecule has 0 atom stereocenters. The van der Waals surface area contributed by atoms with E-state index in [2.05, 4.69) is 144 Å². The Morgan fingerprint density at radius 1 is 0.632 bits per heavy atom. The van der Waals surface area contributed by atoms with Crippen LogP contribution in [0.2, 0.25) is 0 Å². The van der Waals surface area contributed by atoms with Crippen LogP contribution in [0.4, 0.5) is 11.4 Å². The highest BCUT2D eigenvalue weighted by atomic mass is 15.1. The molecule has 0 fully saturated rings. The second kappa shape index (κ2) is 9.39. The third kappa shape index (κ3) is 3.90. The molecule has 0 saturated heterocycles. The predicted octanol–water partition coefficient (Wildman–Crippen LogP) is 9.37. The Bertz CT molecular complexity index is 1710. The van der Waals surface area contributed by atoms with E-state index in [4.69, 9.17) is 0 Å². The van der Waals surface area contributed by atoms with Crippen LogP contribution in [0.25, 0.3) is 39.4 Å². The second-order valence-electron chi connectivity index (χ2n) is 10.2. The first-order chi connectivity index (χ1) is 18.8. The third-order valence-corrected chi connectivity index (χ3v) is 7.91. The standard InChI is InChI=1S/C36H30N2/c1-37(30-20-14-27(15-21-30)26-8-3-2-4-9-26)31-22-16-28(17-23-31)29-18-24-32(25-19-29)38-35-12-6-5-10-33(35)34-11-7-13-36(34)38/h3,5-12,14-25H,2,4,13H2,1H3. The smallest absolute Gasteiger partial charge is 0.0537 e. The van der Waals surface area contributed by atoms with Crippen molar-refractivity contribution in [1.82, 2.24) is 4.57 Å². The van der Waals surface area contributed by atoms with E-state index in [0.717, 1.165) is 19.3 Å². The van der Waals surface area contributed by atoms with Crippen molar-refractivity contribution in [1.29, 1.82) is 0 Å². The number of benzene rings is 4. The molecule has 5 aromatic rings. The molecule has 0 aliphatic heterocycles. The molecule has 1 heterocycles. The minimum Gasteiger partial charge on any atom is -0.345 e. The molecule has 0 bridgehead atoms. The Morgan fingerprint density at radius 3 is 1.97 bits per heavy atom. The molecule has 2 aliphatic carbocycles. The summed E-state index contributed by atoms with van der Waals surface area (Å²) < 4.78 is 2.42. The van der Waals surface area contributed by atoms with E-state index in [0.29, 0.717) is 0 Å². The lowest BCUT2D eigenvalue weighted by atomic mass is 9.99. The monoisotopic (exact) mass is 490 g/mol. The number of hydrogen-bond donors (Lipinski definition) is 0. The number of rotatable bonds is 5. The lowest BCUT2D eigenvalue weighted by Crippen LogP contribution is -2.09. The molecule has 1 aromatic heterocycles. The zero-order valence-electron chi connectivity index (χ0n) is 21.6. The normalized spacial score (nSPS) is 14.1. The van der Waals surface area contributed by atoms with E-state index in [1.54, 1.807) is 0 Å². The first-order valence-corrected chi connectivity index (χ1v) is 13.5. The predicted molar refractivity (Wildman–Crippen MR) is 162 cm³/mol. The van der Waals surface area contributed by atoms with Crippen LogP contribution >= 0.6 is 0 Å². The van der Waals surface area contributed by atoms with Gasteiger partial charge in [0.15, 0.2) is 0 Å². The highest BCUT2D eigenvalue weighted by Crippen LogP contribution is 2.35. The maximum absolute atomic E-state index is 2.42. The van der Waals surface area contributed by atoms with Gasteiger partial charge in [-0.1, -0.05) is 85.0 Å². The average Bonchev–Trinajstić information content (AvgIpc) is 3.59. The fraction of sp³-hybridized carbons (Fsp3) is 0.111. The van der Waals surface area contributed by atoms with Gasteiger partial charge in [0.2, 0.25) is 0 Å². The molecular formula is C36H30N2. The highest BCUT2D eigenvalue weighted by molar-refractivity contribution is 5.94. The van der Waals surface area contributed by atoms with Crippen molar-refractivity contribution in [2.75, 3.05) is 11.9 Å². The fourth-order valence-corrected chi connectivity index (χ4v) is 5.82. The molecular weight excluding hydrogens is 460 g/mol. The Hall–Kier alpha value is -4.56. The summed E-state index contributed by atoms with van der Waals surface area (Å²) >= 11 is 0. The molecule has 184 valence electrons. The number of para-hydroxylation sites is 1. The van der Waals surface area contributed by atoms with E-state index in [1.165, 1.54) is 61.5 Å². The molecule has 0 radical (unpaired) electrons. The summed E-state index contributed by atoms with van der Waals surface area (Å²) in [5.41, 5.74) is 12.7. The van der Waals surface area contributed by atoms with Crippen LogP contribution in [-0.4, -0.2) is 11.6 Å². The van der Waals surface area contributed by atoms with Crippen molar-refractivity contribution in [2.45, 2.75) is 19.3 Å². The Balaban J connectivity index is 1.12. The Labute approximate surface area is 224 Å². The van der Waals surface area contributed by atoms with Gasteiger partial charge < -0.3 is 9.47 Å². The van der Waals surface area contributed by atoms with Crippen molar-refractivity contribution in [3.8, 4) is 16.8 Å². The summed E-state index contributed by atoms with van der Waals surface area (Å²) in [4.78, 5) is 2.24. The van der Waals surface area contributed by atoms with Crippen LogP contribution in [0.5, 0.6) is 0 Å². The van der Waals surface area contributed by atoms with E-state index in [1.807, 2.05) is 0 Å². The largest absolute Gasteiger partial charge is 0.345 e. The maximum Gasteiger partial charge on any atom is 0.0537 e. The summed E-state index contributed by atoms with van der Waals surface area (Å²) in [7, 11) is 2.13. The van der Waals surface area contributed by atoms with Gasteiger partial charge >= 0.3 is 0 Å². The summed E-state index contributed by atoms with van der Waals surface area (Å²) in [6.07, 6.45) is 14.6. The second-order valence-corrected chi connectivity index (χ2v) is 10.2. The molecule has 7 rings (SSSR count). The van der Waals surface area contributed by atoms with E-state index < -0.39 is 0 Å².